The average Bonchev–Trinajstić information content (AvgIpc) is 3.41. The van der Waals surface area contributed by atoms with Crippen molar-refractivity contribution < 1.29 is 14.4 Å². The molecule has 8 nitrogen and oxygen atoms in total. The van der Waals surface area contributed by atoms with E-state index in [0.29, 0.717) is 71.7 Å². The molecular formula is C31H33Cl2N5O3. The molecule has 2 aliphatic rings. The summed E-state index contributed by atoms with van der Waals surface area (Å²) in [6.45, 7) is 5.25. The van der Waals surface area contributed by atoms with E-state index in [0.717, 1.165) is 31.6 Å². The van der Waals surface area contributed by atoms with Crippen molar-refractivity contribution in [3.63, 3.8) is 0 Å². The molecule has 0 aliphatic carbocycles. The van der Waals surface area contributed by atoms with Crippen molar-refractivity contribution in [2.24, 2.45) is 0 Å². The molecule has 41 heavy (non-hydrogen) atoms. The normalized spacial score (nSPS) is 16.1. The van der Waals surface area contributed by atoms with E-state index < -0.39 is 0 Å². The summed E-state index contributed by atoms with van der Waals surface area (Å²) in [7, 11) is 0. The first kappa shape index (κ1) is 28.9. The number of carbonyl (C=O) groups excluding carboxylic acids is 3. The molecule has 2 heterocycles. The first-order valence-electron chi connectivity index (χ1n) is 13.9. The second kappa shape index (κ2) is 13.4. The molecule has 3 aromatic carbocycles. The number of anilines is 2. The lowest BCUT2D eigenvalue weighted by molar-refractivity contribution is 0.0759. The maximum absolute atomic E-state index is 13.4. The van der Waals surface area contributed by atoms with E-state index in [1.807, 2.05) is 35.2 Å². The Bertz CT molecular complexity index is 1410. The van der Waals surface area contributed by atoms with E-state index in [2.05, 4.69) is 15.5 Å². The smallest absolute Gasteiger partial charge is 0.255 e. The largest absolute Gasteiger partial charge is 0.368 e. The van der Waals surface area contributed by atoms with Gasteiger partial charge in [-0.25, -0.2) is 0 Å². The Labute approximate surface area is 250 Å². The van der Waals surface area contributed by atoms with Crippen LogP contribution in [0.15, 0.2) is 66.7 Å². The van der Waals surface area contributed by atoms with Gasteiger partial charge < -0.3 is 25.3 Å². The molecule has 3 aromatic rings. The van der Waals surface area contributed by atoms with Gasteiger partial charge >= 0.3 is 0 Å². The van der Waals surface area contributed by atoms with E-state index >= 15 is 0 Å². The van der Waals surface area contributed by atoms with Crippen molar-refractivity contribution in [1.82, 2.24) is 15.1 Å². The molecule has 0 unspecified atom stereocenters. The van der Waals surface area contributed by atoms with Crippen LogP contribution in [0.2, 0.25) is 10.0 Å². The van der Waals surface area contributed by atoms with Crippen molar-refractivity contribution in [2.75, 3.05) is 62.6 Å². The van der Waals surface area contributed by atoms with Gasteiger partial charge in [-0.05, 0) is 67.9 Å². The summed E-state index contributed by atoms with van der Waals surface area (Å²) in [6, 6.07) is 19.4. The molecule has 0 bridgehead atoms. The molecular weight excluding hydrogens is 561 g/mol. The lowest BCUT2D eigenvalue weighted by atomic mass is 10.1. The minimum Gasteiger partial charge on any atom is -0.368 e. The second-order valence-corrected chi connectivity index (χ2v) is 11.0. The predicted octanol–water partition coefficient (Wildman–Crippen LogP) is 5.03. The molecule has 3 amide bonds. The van der Waals surface area contributed by atoms with Crippen molar-refractivity contribution in [3.8, 4) is 0 Å². The fraction of sp³-hybridized carbons (Fsp3) is 0.323. The van der Waals surface area contributed by atoms with Crippen molar-refractivity contribution >= 4 is 52.3 Å². The highest BCUT2D eigenvalue weighted by Gasteiger charge is 2.25. The number of hydrogen-bond donors (Lipinski definition) is 2. The van der Waals surface area contributed by atoms with Crippen LogP contribution in [0.4, 0.5) is 11.4 Å². The molecule has 214 valence electrons. The van der Waals surface area contributed by atoms with Crippen LogP contribution in [-0.4, -0.2) is 79.9 Å². The monoisotopic (exact) mass is 593 g/mol. The van der Waals surface area contributed by atoms with Gasteiger partial charge in [0.25, 0.3) is 17.7 Å². The number of carbonyl (C=O) groups is 3. The van der Waals surface area contributed by atoms with Crippen LogP contribution in [-0.2, 0) is 0 Å². The molecule has 2 fully saturated rings. The SMILES string of the molecule is O=C(Nc1cc(C(=O)N2CCCNCC2)ccc1N1CCCN(C(=O)c2ccc(Cl)cc2Cl)CC1)c1ccccc1. The van der Waals surface area contributed by atoms with Crippen LogP contribution in [0.25, 0.3) is 0 Å². The van der Waals surface area contributed by atoms with Gasteiger partial charge in [0, 0.05) is 62.0 Å². The van der Waals surface area contributed by atoms with Crippen LogP contribution >= 0.6 is 23.2 Å². The van der Waals surface area contributed by atoms with E-state index in [4.69, 9.17) is 23.2 Å². The number of nitrogens with one attached hydrogen (secondary N) is 2. The Hall–Kier alpha value is -3.59. The Morgan fingerprint density at radius 1 is 0.707 bits per heavy atom. The number of amides is 3. The zero-order valence-corrected chi connectivity index (χ0v) is 24.3. The van der Waals surface area contributed by atoms with Crippen LogP contribution in [0, 0.1) is 0 Å². The number of halogens is 2. The number of hydrogen-bond acceptors (Lipinski definition) is 5. The Kier molecular flexibility index (Phi) is 9.44. The Morgan fingerprint density at radius 3 is 2.29 bits per heavy atom. The fourth-order valence-corrected chi connectivity index (χ4v) is 5.74. The maximum Gasteiger partial charge on any atom is 0.255 e. The number of benzene rings is 3. The number of rotatable bonds is 5. The minimum atomic E-state index is -0.251. The summed E-state index contributed by atoms with van der Waals surface area (Å²) >= 11 is 12.3. The van der Waals surface area contributed by atoms with Crippen LogP contribution in [0.1, 0.15) is 43.9 Å². The highest BCUT2D eigenvalue weighted by Crippen LogP contribution is 2.30. The molecule has 2 aliphatic heterocycles. The lowest BCUT2D eigenvalue weighted by Crippen LogP contribution is -2.36. The van der Waals surface area contributed by atoms with Gasteiger partial charge in [0.05, 0.1) is 22.0 Å². The first-order chi connectivity index (χ1) is 19.9. The first-order valence-corrected chi connectivity index (χ1v) is 14.7. The molecule has 0 aromatic heterocycles. The van der Waals surface area contributed by atoms with Gasteiger partial charge in [-0.3, -0.25) is 14.4 Å². The third-order valence-corrected chi connectivity index (χ3v) is 7.99. The highest BCUT2D eigenvalue weighted by atomic mass is 35.5. The molecule has 10 heteroatoms. The van der Waals surface area contributed by atoms with Gasteiger partial charge in [-0.2, -0.15) is 0 Å². The van der Waals surface area contributed by atoms with Crippen LogP contribution in [0.5, 0.6) is 0 Å². The van der Waals surface area contributed by atoms with E-state index in [1.54, 1.807) is 41.3 Å². The summed E-state index contributed by atoms with van der Waals surface area (Å²) < 4.78 is 0. The zero-order valence-electron chi connectivity index (χ0n) is 22.7. The third kappa shape index (κ3) is 7.01. The lowest BCUT2D eigenvalue weighted by Gasteiger charge is -2.27. The topological polar surface area (TPSA) is 85.0 Å². The summed E-state index contributed by atoms with van der Waals surface area (Å²) in [4.78, 5) is 45.7. The van der Waals surface area contributed by atoms with Gasteiger partial charge in [0.1, 0.15) is 0 Å². The van der Waals surface area contributed by atoms with Gasteiger partial charge in [0.15, 0.2) is 0 Å². The summed E-state index contributed by atoms with van der Waals surface area (Å²) in [5.41, 5.74) is 2.86. The van der Waals surface area contributed by atoms with Crippen molar-refractivity contribution in [2.45, 2.75) is 12.8 Å². The summed E-state index contributed by atoms with van der Waals surface area (Å²) in [6.07, 6.45) is 1.62. The van der Waals surface area contributed by atoms with E-state index in [9.17, 15) is 14.4 Å². The van der Waals surface area contributed by atoms with Crippen molar-refractivity contribution in [1.29, 1.82) is 0 Å². The van der Waals surface area contributed by atoms with E-state index in [-0.39, 0.29) is 17.7 Å². The zero-order chi connectivity index (χ0) is 28.8. The molecule has 0 atom stereocenters. The molecule has 2 N–H and O–H groups in total. The average molecular weight is 595 g/mol. The molecule has 0 spiro atoms. The predicted molar refractivity (Wildman–Crippen MR) is 163 cm³/mol. The molecule has 5 rings (SSSR count). The summed E-state index contributed by atoms with van der Waals surface area (Å²) in [5, 5.41) is 7.19. The quantitative estimate of drug-likeness (QED) is 0.433. The van der Waals surface area contributed by atoms with Gasteiger partial charge in [0.2, 0.25) is 0 Å². The Morgan fingerprint density at radius 2 is 1.49 bits per heavy atom. The molecule has 0 saturated carbocycles. The van der Waals surface area contributed by atoms with E-state index in [1.165, 1.54) is 0 Å². The van der Waals surface area contributed by atoms with Crippen molar-refractivity contribution in [3.05, 3.63) is 93.5 Å². The van der Waals surface area contributed by atoms with Gasteiger partial charge in [-0.1, -0.05) is 41.4 Å². The second-order valence-electron chi connectivity index (χ2n) is 10.2. The summed E-state index contributed by atoms with van der Waals surface area (Å²) in [5.74, 6) is -0.443. The number of nitrogens with zero attached hydrogens (tertiary/aromatic N) is 3. The highest BCUT2D eigenvalue weighted by molar-refractivity contribution is 6.36. The molecule has 0 radical (unpaired) electrons. The van der Waals surface area contributed by atoms with Crippen LogP contribution in [0.3, 0.4) is 0 Å². The fourth-order valence-electron chi connectivity index (χ4n) is 5.26. The Balaban J connectivity index is 1.39. The minimum absolute atomic E-state index is 0.0528. The maximum atomic E-state index is 13.4. The third-order valence-electron chi connectivity index (χ3n) is 7.44. The molecule has 2 saturated heterocycles. The van der Waals surface area contributed by atoms with Crippen LogP contribution < -0.4 is 15.5 Å². The van der Waals surface area contributed by atoms with Gasteiger partial charge in [-0.15, -0.1) is 0 Å². The standard InChI is InChI=1S/C31H33Cl2N5O3/c32-24-9-10-25(26(33)21-24)31(41)38-16-5-15-36(18-19-38)28-11-8-23(30(40)37-14-4-12-34-13-17-37)20-27(28)35-29(39)22-6-2-1-3-7-22/h1-3,6-11,20-21,34H,4-5,12-19H2,(H,35,39).